The zero-order valence-electron chi connectivity index (χ0n) is 7.85. The number of nitrogens with zero attached hydrogens (tertiary/aromatic N) is 1. The summed E-state index contributed by atoms with van der Waals surface area (Å²) in [5, 5.41) is 12.8. The molecule has 1 N–H and O–H groups in total. The van der Waals surface area contributed by atoms with Crippen LogP contribution in [0.25, 0.3) is 0 Å². The molecule has 2 rings (SSSR count). The van der Waals surface area contributed by atoms with Crippen LogP contribution >= 0.6 is 11.3 Å². The first-order valence-electron chi connectivity index (χ1n) is 4.77. The van der Waals surface area contributed by atoms with Gasteiger partial charge in [0.25, 0.3) is 5.91 Å². The predicted octanol–water partition coefficient (Wildman–Crippen LogP) is 1.34. The van der Waals surface area contributed by atoms with E-state index in [1.54, 1.807) is 4.90 Å². The number of thiophene rings is 1. The Hall–Kier alpha value is -0.870. The van der Waals surface area contributed by atoms with Crippen molar-refractivity contribution in [2.45, 2.75) is 18.9 Å². The zero-order valence-corrected chi connectivity index (χ0v) is 8.67. The van der Waals surface area contributed by atoms with Gasteiger partial charge in [-0.05, 0) is 24.3 Å². The highest BCUT2D eigenvalue weighted by atomic mass is 32.1. The van der Waals surface area contributed by atoms with Gasteiger partial charge in [0, 0.05) is 11.9 Å². The van der Waals surface area contributed by atoms with Gasteiger partial charge in [-0.1, -0.05) is 0 Å². The van der Waals surface area contributed by atoms with Gasteiger partial charge >= 0.3 is 0 Å². The van der Waals surface area contributed by atoms with Crippen LogP contribution < -0.4 is 0 Å². The topological polar surface area (TPSA) is 40.5 Å². The summed E-state index contributed by atoms with van der Waals surface area (Å²) in [6.07, 6.45) is 1.92. The number of hydrogen-bond donors (Lipinski definition) is 1. The van der Waals surface area contributed by atoms with Crippen LogP contribution in [0.2, 0.25) is 0 Å². The van der Waals surface area contributed by atoms with Crippen molar-refractivity contribution in [1.29, 1.82) is 0 Å². The fourth-order valence-corrected chi connectivity index (χ4v) is 2.47. The van der Waals surface area contributed by atoms with Crippen LogP contribution in [0.3, 0.4) is 0 Å². The van der Waals surface area contributed by atoms with Crippen LogP contribution in [-0.4, -0.2) is 35.1 Å². The van der Waals surface area contributed by atoms with Crippen molar-refractivity contribution in [2.75, 3.05) is 13.2 Å². The lowest BCUT2D eigenvalue weighted by Crippen LogP contribution is -2.37. The van der Waals surface area contributed by atoms with Crippen molar-refractivity contribution < 1.29 is 9.90 Å². The smallest absolute Gasteiger partial charge is 0.255 e. The average Bonchev–Trinajstić information content (AvgIpc) is 2.87. The second-order valence-corrected chi connectivity index (χ2v) is 4.27. The molecule has 76 valence electrons. The van der Waals surface area contributed by atoms with E-state index >= 15 is 0 Å². The van der Waals surface area contributed by atoms with Gasteiger partial charge in [-0.3, -0.25) is 4.79 Å². The van der Waals surface area contributed by atoms with E-state index in [2.05, 4.69) is 0 Å². The van der Waals surface area contributed by atoms with E-state index in [4.69, 9.17) is 5.11 Å². The second-order valence-electron chi connectivity index (χ2n) is 3.49. The number of aliphatic hydroxyl groups excluding tert-OH is 1. The largest absolute Gasteiger partial charge is 0.394 e. The molecule has 1 aromatic heterocycles. The van der Waals surface area contributed by atoms with E-state index in [1.807, 2.05) is 16.8 Å². The molecule has 0 saturated carbocycles. The molecule has 0 radical (unpaired) electrons. The summed E-state index contributed by atoms with van der Waals surface area (Å²) < 4.78 is 0. The van der Waals surface area contributed by atoms with E-state index in [0.717, 1.165) is 24.9 Å². The quantitative estimate of drug-likeness (QED) is 0.802. The van der Waals surface area contributed by atoms with Gasteiger partial charge in [-0.2, -0.15) is 11.3 Å². The first-order chi connectivity index (χ1) is 6.83. The summed E-state index contributed by atoms with van der Waals surface area (Å²) in [5.41, 5.74) is 0.746. The average molecular weight is 211 g/mol. The molecule has 1 amide bonds. The first-order valence-corrected chi connectivity index (χ1v) is 5.71. The van der Waals surface area contributed by atoms with Crippen LogP contribution in [0.4, 0.5) is 0 Å². The van der Waals surface area contributed by atoms with Crippen molar-refractivity contribution in [3.05, 3.63) is 22.4 Å². The van der Waals surface area contributed by atoms with Gasteiger partial charge in [-0.25, -0.2) is 0 Å². The van der Waals surface area contributed by atoms with Gasteiger partial charge < -0.3 is 10.0 Å². The molecule has 1 aliphatic rings. The standard InChI is InChI=1S/C10H13NO2S/c12-6-9-2-1-4-11(9)10(13)8-3-5-14-7-8/h3,5,7,9,12H,1-2,4,6H2. The lowest BCUT2D eigenvalue weighted by atomic mass is 10.2. The maximum atomic E-state index is 11.9. The maximum Gasteiger partial charge on any atom is 0.255 e. The predicted molar refractivity (Wildman–Crippen MR) is 55.5 cm³/mol. The van der Waals surface area contributed by atoms with E-state index in [9.17, 15) is 4.79 Å². The highest BCUT2D eigenvalue weighted by Gasteiger charge is 2.28. The molecule has 0 aromatic carbocycles. The van der Waals surface area contributed by atoms with Gasteiger partial charge in [0.15, 0.2) is 0 Å². The molecular weight excluding hydrogens is 198 g/mol. The maximum absolute atomic E-state index is 11.9. The summed E-state index contributed by atoms with van der Waals surface area (Å²) in [6, 6.07) is 1.86. The molecule has 3 nitrogen and oxygen atoms in total. The van der Waals surface area contributed by atoms with Crippen molar-refractivity contribution in [3.63, 3.8) is 0 Å². The highest BCUT2D eigenvalue weighted by Crippen LogP contribution is 2.20. The number of likely N-dealkylation sites (tertiary alicyclic amines) is 1. The Bertz CT molecular complexity index is 310. The summed E-state index contributed by atoms with van der Waals surface area (Å²) in [7, 11) is 0. The Labute approximate surface area is 87.0 Å². The van der Waals surface area contributed by atoms with E-state index in [1.165, 1.54) is 11.3 Å². The van der Waals surface area contributed by atoms with Crippen LogP contribution in [-0.2, 0) is 0 Å². The summed E-state index contributed by atoms with van der Waals surface area (Å²) in [6.45, 7) is 0.857. The summed E-state index contributed by atoms with van der Waals surface area (Å²) in [5.74, 6) is 0.0581. The lowest BCUT2D eigenvalue weighted by molar-refractivity contribution is 0.0678. The van der Waals surface area contributed by atoms with Gasteiger partial charge in [-0.15, -0.1) is 0 Å². The molecule has 0 spiro atoms. The van der Waals surface area contributed by atoms with E-state index in [-0.39, 0.29) is 18.6 Å². The minimum absolute atomic E-state index is 0.0300. The number of carbonyl (C=O) groups is 1. The van der Waals surface area contributed by atoms with Crippen molar-refractivity contribution in [3.8, 4) is 0 Å². The Kier molecular flexibility index (Phi) is 2.84. The van der Waals surface area contributed by atoms with Crippen LogP contribution in [0.5, 0.6) is 0 Å². The van der Waals surface area contributed by atoms with E-state index in [0.29, 0.717) is 0 Å². The van der Waals surface area contributed by atoms with Crippen LogP contribution in [0.15, 0.2) is 16.8 Å². The molecule has 2 heterocycles. The number of rotatable bonds is 2. The number of carbonyl (C=O) groups excluding carboxylic acids is 1. The molecule has 1 aliphatic heterocycles. The molecular formula is C10H13NO2S. The van der Waals surface area contributed by atoms with Crippen LogP contribution in [0, 0.1) is 0 Å². The molecule has 1 saturated heterocycles. The summed E-state index contributed by atoms with van der Waals surface area (Å²) in [4.78, 5) is 13.7. The molecule has 0 aliphatic carbocycles. The van der Waals surface area contributed by atoms with Crippen molar-refractivity contribution in [2.24, 2.45) is 0 Å². The summed E-state index contributed by atoms with van der Waals surface area (Å²) >= 11 is 1.53. The molecule has 1 atom stereocenters. The van der Waals surface area contributed by atoms with Crippen molar-refractivity contribution in [1.82, 2.24) is 4.90 Å². The molecule has 14 heavy (non-hydrogen) atoms. The minimum Gasteiger partial charge on any atom is -0.394 e. The second kappa shape index (κ2) is 4.11. The SMILES string of the molecule is O=C(c1ccsc1)N1CCCC1CO. The minimum atomic E-state index is 0.0300. The van der Waals surface area contributed by atoms with Gasteiger partial charge in [0.2, 0.25) is 0 Å². The third-order valence-corrected chi connectivity index (χ3v) is 3.30. The third kappa shape index (κ3) is 1.67. The Morgan fingerprint density at radius 3 is 3.21 bits per heavy atom. The van der Waals surface area contributed by atoms with Crippen LogP contribution in [0.1, 0.15) is 23.2 Å². The highest BCUT2D eigenvalue weighted by molar-refractivity contribution is 7.08. The normalized spacial score (nSPS) is 21.5. The fourth-order valence-electron chi connectivity index (χ4n) is 1.84. The molecule has 1 aromatic rings. The van der Waals surface area contributed by atoms with Crippen molar-refractivity contribution >= 4 is 17.2 Å². The van der Waals surface area contributed by atoms with Gasteiger partial charge in [0.1, 0.15) is 0 Å². The number of aliphatic hydroxyl groups is 1. The van der Waals surface area contributed by atoms with Gasteiger partial charge in [0.05, 0.1) is 18.2 Å². The molecule has 1 unspecified atom stereocenters. The molecule has 4 heteroatoms. The molecule has 0 bridgehead atoms. The Balaban J connectivity index is 2.11. The first kappa shape index (κ1) is 9.68. The fraction of sp³-hybridized carbons (Fsp3) is 0.500. The molecule has 1 fully saturated rings. The monoisotopic (exact) mass is 211 g/mol. The number of hydrogen-bond acceptors (Lipinski definition) is 3. The number of amides is 1. The third-order valence-electron chi connectivity index (χ3n) is 2.62. The zero-order chi connectivity index (χ0) is 9.97. The Morgan fingerprint density at radius 2 is 2.57 bits per heavy atom. The van der Waals surface area contributed by atoms with E-state index < -0.39 is 0 Å². The lowest BCUT2D eigenvalue weighted by Gasteiger charge is -2.22. The Morgan fingerprint density at radius 1 is 1.71 bits per heavy atom.